The first-order chi connectivity index (χ1) is 8.95. The van der Waals surface area contributed by atoms with Crippen molar-refractivity contribution in [2.45, 2.75) is 59.3 Å². The maximum absolute atomic E-state index is 5.76. The van der Waals surface area contributed by atoms with Gasteiger partial charge < -0.3 is 9.47 Å². The lowest BCUT2D eigenvalue weighted by molar-refractivity contribution is 0.171. The van der Waals surface area contributed by atoms with E-state index in [1.165, 1.54) is 17.5 Å². The molecule has 0 saturated carbocycles. The molecule has 0 radical (unpaired) electrons. The van der Waals surface area contributed by atoms with Gasteiger partial charge in [-0.15, -0.1) is 0 Å². The monoisotopic (exact) mass is 262 g/mol. The van der Waals surface area contributed by atoms with Gasteiger partial charge in [0.1, 0.15) is 0 Å². The summed E-state index contributed by atoms with van der Waals surface area (Å²) in [4.78, 5) is 0. The minimum Gasteiger partial charge on any atom is -0.453 e. The van der Waals surface area contributed by atoms with Crippen LogP contribution in [-0.4, -0.2) is 6.79 Å². The van der Waals surface area contributed by atoms with Crippen molar-refractivity contribution in [1.29, 1.82) is 0 Å². The van der Waals surface area contributed by atoms with E-state index in [4.69, 9.17) is 9.47 Å². The average molecular weight is 262 g/mol. The zero-order valence-corrected chi connectivity index (χ0v) is 12.9. The SMILES string of the molecule is CCCC(C)(C)c1ccc(CC(C)C)c2c1OCO2. The normalized spacial score (nSPS) is 14.2. The van der Waals surface area contributed by atoms with E-state index in [2.05, 4.69) is 46.8 Å². The van der Waals surface area contributed by atoms with Crippen LogP contribution in [0, 0.1) is 5.92 Å². The van der Waals surface area contributed by atoms with Crippen molar-refractivity contribution < 1.29 is 9.47 Å². The zero-order chi connectivity index (χ0) is 14.0. The first kappa shape index (κ1) is 14.2. The third-order valence-electron chi connectivity index (χ3n) is 3.83. The predicted octanol–water partition coefficient (Wildman–Crippen LogP) is 4.69. The zero-order valence-electron chi connectivity index (χ0n) is 12.9. The molecule has 0 atom stereocenters. The van der Waals surface area contributed by atoms with Crippen molar-refractivity contribution >= 4 is 0 Å². The lowest BCUT2D eigenvalue weighted by Gasteiger charge is -2.26. The lowest BCUT2D eigenvalue weighted by Crippen LogP contribution is -2.17. The fourth-order valence-corrected chi connectivity index (χ4v) is 2.95. The molecule has 0 N–H and O–H groups in total. The minimum absolute atomic E-state index is 0.142. The van der Waals surface area contributed by atoms with Gasteiger partial charge >= 0.3 is 0 Å². The number of benzene rings is 1. The maximum atomic E-state index is 5.76. The second kappa shape index (κ2) is 5.44. The van der Waals surface area contributed by atoms with Gasteiger partial charge in [-0.05, 0) is 29.7 Å². The molecule has 0 unspecified atom stereocenters. The number of hydrogen-bond acceptors (Lipinski definition) is 2. The number of rotatable bonds is 5. The molecule has 2 rings (SSSR count). The van der Waals surface area contributed by atoms with Crippen LogP contribution < -0.4 is 9.47 Å². The van der Waals surface area contributed by atoms with E-state index in [0.717, 1.165) is 24.3 Å². The Hall–Kier alpha value is -1.18. The van der Waals surface area contributed by atoms with Gasteiger partial charge in [0.05, 0.1) is 0 Å². The highest BCUT2D eigenvalue weighted by Crippen LogP contribution is 2.45. The second-order valence-electron chi connectivity index (χ2n) is 6.57. The van der Waals surface area contributed by atoms with Gasteiger partial charge in [0.15, 0.2) is 11.5 Å². The van der Waals surface area contributed by atoms with E-state index in [1.54, 1.807) is 0 Å². The highest BCUT2D eigenvalue weighted by atomic mass is 16.7. The summed E-state index contributed by atoms with van der Waals surface area (Å²) >= 11 is 0. The molecule has 0 aromatic heterocycles. The summed E-state index contributed by atoms with van der Waals surface area (Å²) in [6.07, 6.45) is 3.38. The van der Waals surface area contributed by atoms with E-state index in [9.17, 15) is 0 Å². The number of ether oxygens (including phenoxy) is 2. The summed E-state index contributed by atoms with van der Waals surface area (Å²) in [6.45, 7) is 11.6. The van der Waals surface area contributed by atoms with Gasteiger partial charge in [0, 0.05) is 5.56 Å². The molecule has 1 aromatic carbocycles. The van der Waals surface area contributed by atoms with Gasteiger partial charge in [-0.3, -0.25) is 0 Å². The van der Waals surface area contributed by atoms with E-state index < -0.39 is 0 Å². The van der Waals surface area contributed by atoms with Gasteiger partial charge in [-0.25, -0.2) is 0 Å². The third-order valence-corrected chi connectivity index (χ3v) is 3.83. The molecule has 1 aliphatic heterocycles. The van der Waals surface area contributed by atoms with Crippen LogP contribution in [0.3, 0.4) is 0 Å². The Kier molecular flexibility index (Phi) is 4.07. The Balaban J connectivity index is 2.41. The van der Waals surface area contributed by atoms with Crippen LogP contribution in [0.25, 0.3) is 0 Å². The van der Waals surface area contributed by atoms with E-state index in [1.807, 2.05) is 0 Å². The molecule has 19 heavy (non-hydrogen) atoms. The first-order valence-corrected chi connectivity index (χ1v) is 7.37. The van der Waals surface area contributed by atoms with Crippen molar-refractivity contribution in [2.75, 3.05) is 6.79 Å². The van der Waals surface area contributed by atoms with Gasteiger partial charge in [0.2, 0.25) is 6.79 Å². The molecule has 1 aromatic rings. The molecule has 0 fully saturated rings. The lowest BCUT2D eigenvalue weighted by atomic mass is 9.79. The van der Waals surface area contributed by atoms with Crippen LogP contribution in [0.1, 0.15) is 58.6 Å². The van der Waals surface area contributed by atoms with Crippen LogP contribution in [0.15, 0.2) is 12.1 Å². The quantitative estimate of drug-likeness (QED) is 0.766. The summed E-state index contributed by atoms with van der Waals surface area (Å²) in [6, 6.07) is 4.46. The smallest absolute Gasteiger partial charge is 0.231 e. The molecule has 0 bridgehead atoms. The van der Waals surface area contributed by atoms with Crippen molar-refractivity contribution in [1.82, 2.24) is 0 Å². The van der Waals surface area contributed by atoms with Crippen molar-refractivity contribution in [3.05, 3.63) is 23.3 Å². The molecule has 106 valence electrons. The fraction of sp³-hybridized carbons (Fsp3) is 0.647. The molecule has 1 aliphatic rings. The third kappa shape index (κ3) is 2.88. The Morgan fingerprint density at radius 3 is 2.47 bits per heavy atom. The van der Waals surface area contributed by atoms with Crippen molar-refractivity contribution in [3.8, 4) is 11.5 Å². The summed E-state index contributed by atoms with van der Waals surface area (Å²) < 4.78 is 11.5. The Labute approximate surface area is 117 Å². The molecule has 0 aliphatic carbocycles. The molecule has 0 spiro atoms. The Morgan fingerprint density at radius 1 is 1.16 bits per heavy atom. The maximum Gasteiger partial charge on any atom is 0.231 e. The number of fused-ring (bicyclic) bond motifs is 1. The van der Waals surface area contributed by atoms with Crippen LogP contribution >= 0.6 is 0 Å². The average Bonchev–Trinajstić information content (AvgIpc) is 2.77. The van der Waals surface area contributed by atoms with Crippen LogP contribution in [0.2, 0.25) is 0 Å². The summed E-state index contributed by atoms with van der Waals surface area (Å²) in [5.74, 6) is 2.59. The first-order valence-electron chi connectivity index (χ1n) is 7.37. The van der Waals surface area contributed by atoms with Crippen molar-refractivity contribution in [3.63, 3.8) is 0 Å². The van der Waals surface area contributed by atoms with Crippen LogP contribution in [0.4, 0.5) is 0 Å². The summed E-state index contributed by atoms with van der Waals surface area (Å²) in [5, 5.41) is 0. The Morgan fingerprint density at radius 2 is 1.84 bits per heavy atom. The van der Waals surface area contributed by atoms with Crippen LogP contribution in [-0.2, 0) is 11.8 Å². The van der Waals surface area contributed by atoms with Gasteiger partial charge in [-0.1, -0.05) is 53.2 Å². The molecule has 0 saturated heterocycles. The number of hydrogen-bond donors (Lipinski definition) is 0. The van der Waals surface area contributed by atoms with Crippen molar-refractivity contribution in [2.24, 2.45) is 5.92 Å². The largest absolute Gasteiger partial charge is 0.453 e. The highest BCUT2D eigenvalue weighted by Gasteiger charge is 2.30. The van der Waals surface area contributed by atoms with Gasteiger partial charge in [0.25, 0.3) is 0 Å². The predicted molar refractivity (Wildman–Crippen MR) is 79.0 cm³/mol. The van der Waals surface area contributed by atoms with E-state index in [-0.39, 0.29) is 5.41 Å². The highest BCUT2D eigenvalue weighted by molar-refractivity contribution is 5.55. The van der Waals surface area contributed by atoms with Gasteiger partial charge in [-0.2, -0.15) is 0 Å². The summed E-state index contributed by atoms with van der Waals surface area (Å²) in [5.41, 5.74) is 2.70. The van der Waals surface area contributed by atoms with E-state index in [0.29, 0.717) is 12.7 Å². The molecule has 2 heteroatoms. The van der Waals surface area contributed by atoms with E-state index >= 15 is 0 Å². The fourth-order valence-electron chi connectivity index (χ4n) is 2.95. The second-order valence-corrected chi connectivity index (χ2v) is 6.57. The minimum atomic E-state index is 0.142. The molecule has 2 nitrogen and oxygen atoms in total. The molecular formula is C17H26O2. The van der Waals surface area contributed by atoms with Crippen LogP contribution in [0.5, 0.6) is 11.5 Å². The summed E-state index contributed by atoms with van der Waals surface area (Å²) in [7, 11) is 0. The molecular weight excluding hydrogens is 236 g/mol. The molecule has 0 amide bonds. The molecule has 1 heterocycles. The Bertz CT molecular complexity index is 447. The standard InChI is InChI=1S/C17H26O2/c1-6-9-17(4,5)14-8-7-13(10-12(2)3)15-16(14)19-11-18-15/h7-8,12H,6,9-11H2,1-5H3. The topological polar surface area (TPSA) is 18.5 Å².